The quantitative estimate of drug-likeness (QED) is 0.282. The van der Waals surface area contributed by atoms with Gasteiger partial charge in [-0.1, -0.05) is 31.4 Å². The molecule has 4 aliphatic carbocycles. The number of rotatable bonds is 7. The Hall–Kier alpha value is -3.64. The van der Waals surface area contributed by atoms with Gasteiger partial charge < -0.3 is 36.0 Å². The summed E-state index contributed by atoms with van der Waals surface area (Å²) in [4.78, 5) is 55.8. The number of hydrogen-bond donors (Lipinski definition) is 5. The predicted molar refractivity (Wildman–Crippen MR) is 168 cm³/mol. The van der Waals surface area contributed by atoms with Crippen molar-refractivity contribution in [2.24, 2.45) is 29.4 Å². The van der Waals surface area contributed by atoms with Crippen molar-refractivity contribution in [1.29, 1.82) is 0 Å². The van der Waals surface area contributed by atoms with Crippen molar-refractivity contribution in [1.82, 2.24) is 10.2 Å². The number of nitrogens with zero attached hydrogens (tertiary/aromatic N) is 1. The van der Waals surface area contributed by atoms with Crippen LogP contribution in [0.25, 0.3) is 11.1 Å². The number of benzene rings is 2. The Bertz CT molecular complexity index is 1580. The molecule has 0 radical (unpaired) electrons. The van der Waals surface area contributed by atoms with Crippen LogP contribution in [0.4, 0.5) is 0 Å². The normalized spacial score (nSPS) is 31.3. The number of ketones is 3. The van der Waals surface area contributed by atoms with Crippen LogP contribution >= 0.6 is 0 Å². The fraction of sp³-hybridized carbons (Fsp3) is 0.543. The van der Waals surface area contributed by atoms with E-state index in [0.717, 1.165) is 24.0 Å². The maximum Gasteiger partial charge on any atom is 0.230 e. The first-order chi connectivity index (χ1) is 21.9. The number of carbonyl (C=O) groups excluding carboxylic acids is 4. The second kappa shape index (κ2) is 12.2. The summed E-state index contributed by atoms with van der Waals surface area (Å²) in [6.45, 7) is 0.662. The molecule has 7 atom stereocenters. The maximum absolute atomic E-state index is 14.2. The maximum atomic E-state index is 14.2. The third kappa shape index (κ3) is 5.04. The van der Waals surface area contributed by atoms with E-state index in [1.807, 2.05) is 18.2 Å². The van der Waals surface area contributed by atoms with Crippen molar-refractivity contribution < 1.29 is 39.2 Å². The molecule has 1 amide bonds. The van der Waals surface area contributed by atoms with Crippen LogP contribution in [0, 0.1) is 23.7 Å². The lowest BCUT2D eigenvalue weighted by molar-refractivity contribution is -0.190. The number of amides is 1. The number of aliphatic hydroxyl groups excluding tert-OH is 1. The van der Waals surface area contributed by atoms with E-state index >= 15 is 0 Å². The molecule has 0 spiro atoms. The number of phenols is 1. The summed E-state index contributed by atoms with van der Waals surface area (Å²) in [5.41, 5.74) is 5.76. The van der Waals surface area contributed by atoms with E-state index in [2.05, 4.69) is 5.32 Å². The number of primary amides is 1. The van der Waals surface area contributed by atoms with E-state index in [1.165, 1.54) is 25.3 Å². The van der Waals surface area contributed by atoms with E-state index in [9.17, 15) is 34.5 Å². The zero-order valence-corrected chi connectivity index (χ0v) is 26.5. The smallest absolute Gasteiger partial charge is 0.230 e. The SMILES string of the molecule is COc1ccc(CNC2CCCCC2)cc1-c1ccc(O)c2c1C[C@@H]1C[C@@H]3[C@@H](N(C)C)C(O)C(C(N)=O)C(=O)[C@]3(O)C(=O)C1C2=O. The molecule has 3 saturated carbocycles. The number of hydrogen-bond acceptors (Lipinski definition) is 10. The van der Waals surface area contributed by atoms with Gasteiger partial charge in [-0.2, -0.15) is 0 Å². The molecular weight excluding hydrogens is 590 g/mol. The number of nitrogens with two attached hydrogens (primary N) is 1. The van der Waals surface area contributed by atoms with Gasteiger partial charge in [0.15, 0.2) is 23.0 Å². The Labute approximate surface area is 268 Å². The second-order valence-corrected chi connectivity index (χ2v) is 13.7. The van der Waals surface area contributed by atoms with Crippen molar-refractivity contribution >= 4 is 23.3 Å². The predicted octanol–water partition coefficient (Wildman–Crippen LogP) is 1.76. The average Bonchev–Trinajstić information content (AvgIpc) is 3.02. The van der Waals surface area contributed by atoms with Crippen molar-refractivity contribution in [3.05, 3.63) is 47.0 Å². The van der Waals surface area contributed by atoms with Crippen molar-refractivity contribution in [3.63, 3.8) is 0 Å². The van der Waals surface area contributed by atoms with E-state index in [0.29, 0.717) is 29.5 Å². The highest BCUT2D eigenvalue weighted by atomic mass is 16.5. The van der Waals surface area contributed by atoms with Crippen LogP contribution in [-0.2, 0) is 27.3 Å². The lowest BCUT2D eigenvalue weighted by Crippen LogP contribution is -2.75. The van der Waals surface area contributed by atoms with Crippen LogP contribution in [-0.4, -0.2) is 88.5 Å². The molecule has 0 heterocycles. The van der Waals surface area contributed by atoms with E-state index in [1.54, 1.807) is 32.2 Å². The zero-order valence-electron chi connectivity index (χ0n) is 26.5. The minimum atomic E-state index is -2.70. The van der Waals surface area contributed by atoms with Crippen molar-refractivity contribution in [2.75, 3.05) is 21.2 Å². The monoisotopic (exact) mass is 633 g/mol. The number of aliphatic hydroxyl groups is 2. The molecule has 3 unspecified atom stereocenters. The number of likely N-dealkylation sites (N-methyl/N-ethyl adjacent to an activating group) is 1. The number of Topliss-reactive ketones (excluding diaryl/α,β-unsaturated/α-hetero) is 3. The molecule has 0 aromatic heterocycles. The minimum Gasteiger partial charge on any atom is -0.507 e. The van der Waals surface area contributed by atoms with Gasteiger partial charge in [0.2, 0.25) is 5.91 Å². The van der Waals surface area contributed by atoms with Crippen LogP contribution in [0.15, 0.2) is 30.3 Å². The molecule has 11 nitrogen and oxygen atoms in total. The molecule has 11 heteroatoms. The Kier molecular flexibility index (Phi) is 8.56. The molecule has 246 valence electrons. The molecule has 2 aromatic rings. The summed E-state index contributed by atoms with van der Waals surface area (Å²) in [7, 11) is 4.82. The number of aromatic hydroxyl groups is 1. The van der Waals surface area contributed by atoms with Gasteiger partial charge in [0.05, 0.1) is 24.7 Å². The van der Waals surface area contributed by atoms with Crippen LogP contribution in [0.2, 0.25) is 0 Å². The van der Waals surface area contributed by atoms with Gasteiger partial charge in [0.25, 0.3) is 0 Å². The van der Waals surface area contributed by atoms with Crippen molar-refractivity contribution in [2.45, 2.75) is 75.3 Å². The Morgan fingerprint density at radius 2 is 1.78 bits per heavy atom. The van der Waals surface area contributed by atoms with Gasteiger partial charge in [0, 0.05) is 30.1 Å². The lowest BCUT2D eigenvalue weighted by atomic mass is 9.52. The average molecular weight is 634 g/mol. The summed E-state index contributed by atoms with van der Waals surface area (Å²) in [6.07, 6.45) is 4.70. The molecule has 0 aliphatic heterocycles. The molecule has 0 bridgehead atoms. The highest BCUT2D eigenvalue weighted by molar-refractivity contribution is 6.25. The van der Waals surface area contributed by atoms with Crippen LogP contribution < -0.4 is 15.8 Å². The minimum absolute atomic E-state index is 0.0270. The molecule has 4 aliphatic rings. The molecule has 3 fully saturated rings. The third-order valence-corrected chi connectivity index (χ3v) is 10.9. The largest absolute Gasteiger partial charge is 0.507 e. The number of fused-ring (bicyclic) bond motifs is 3. The topological polar surface area (TPSA) is 179 Å². The Morgan fingerprint density at radius 1 is 1.07 bits per heavy atom. The molecule has 6 rings (SSSR count). The number of phenolic OH excluding ortho intramolecular Hbond substituents is 1. The summed E-state index contributed by atoms with van der Waals surface area (Å²) in [5.74, 6) is -8.70. The van der Waals surface area contributed by atoms with Crippen LogP contribution in [0.3, 0.4) is 0 Å². The van der Waals surface area contributed by atoms with Gasteiger partial charge in [-0.3, -0.25) is 19.2 Å². The van der Waals surface area contributed by atoms with Gasteiger partial charge in [0.1, 0.15) is 17.4 Å². The number of nitrogens with one attached hydrogen (secondary N) is 1. The first kappa shape index (κ1) is 32.3. The fourth-order valence-electron chi connectivity index (χ4n) is 8.72. The summed E-state index contributed by atoms with van der Waals surface area (Å²) in [5, 5.41) is 37.6. The summed E-state index contributed by atoms with van der Waals surface area (Å²) < 4.78 is 5.73. The third-order valence-electron chi connectivity index (χ3n) is 10.9. The standard InChI is InChI=1S/C35H43N3O8/c1-38(2)29-23-15-18-14-22-20(21-13-17(9-12-25(21)46-3)16-37-19-7-5-4-6-8-19)10-11-24(39)27(22)30(40)26(18)32(42)35(23,45)33(43)28(31(29)41)34(36)44/h9-13,18-19,23,26,28-29,31,37,39,41,45H,4-8,14-16H2,1-3H3,(H2,36,44)/t18-,23-,26?,28?,29-,31?,35-/m1/s1. The molecule has 6 N–H and O–H groups in total. The van der Waals surface area contributed by atoms with Crippen LogP contribution in [0.1, 0.15) is 60.0 Å². The van der Waals surface area contributed by atoms with Crippen molar-refractivity contribution in [3.8, 4) is 22.6 Å². The number of ether oxygens (including phenoxy) is 1. The van der Waals surface area contributed by atoms with E-state index in [-0.39, 0.29) is 24.2 Å². The lowest BCUT2D eigenvalue weighted by Gasteiger charge is -2.54. The zero-order chi connectivity index (χ0) is 33.1. The molecular formula is C35H43N3O8. The van der Waals surface area contributed by atoms with Gasteiger partial charge >= 0.3 is 0 Å². The van der Waals surface area contributed by atoms with Gasteiger partial charge in [-0.05, 0) is 80.6 Å². The summed E-state index contributed by atoms with van der Waals surface area (Å²) >= 11 is 0. The Balaban J connectivity index is 1.41. The Morgan fingerprint density at radius 3 is 2.43 bits per heavy atom. The highest BCUT2D eigenvalue weighted by Crippen LogP contribution is 2.52. The number of carbonyl (C=O) groups is 4. The first-order valence-corrected chi connectivity index (χ1v) is 16.1. The molecule has 2 aromatic carbocycles. The van der Waals surface area contributed by atoms with Crippen LogP contribution in [0.5, 0.6) is 11.5 Å². The van der Waals surface area contributed by atoms with E-state index in [4.69, 9.17) is 10.5 Å². The molecule has 0 saturated heterocycles. The highest BCUT2D eigenvalue weighted by Gasteiger charge is 2.69. The molecule has 46 heavy (non-hydrogen) atoms. The van der Waals surface area contributed by atoms with Gasteiger partial charge in [-0.15, -0.1) is 0 Å². The van der Waals surface area contributed by atoms with E-state index < -0.39 is 64.7 Å². The fourth-order valence-corrected chi connectivity index (χ4v) is 8.72. The van der Waals surface area contributed by atoms with Gasteiger partial charge in [-0.25, -0.2) is 0 Å². The first-order valence-electron chi connectivity index (χ1n) is 16.1. The number of methoxy groups -OCH3 is 1. The summed E-state index contributed by atoms with van der Waals surface area (Å²) in [6, 6.07) is 8.56. The second-order valence-electron chi connectivity index (χ2n) is 13.7.